The van der Waals surface area contributed by atoms with Crippen LogP contribution in [0.4, 0.5) is 4.39 Å². The van der Waals surface area contributed by atoms with Gasteiger partial charge in [-0.15, -0.1) is 0 Å². The van der Waals surface area contributed by atoms with Gasteiger partial charge in [0.2, 0.25) is 11.8 Å². The number of rotatable bonds is 3. The van der Waals surface area contributed by atoms with Gasteiger partial charge in [0.05, 0.1) is 0 Å². The minimum Gasteiger partial charge on any atom is -0.296 e. The average molecular weight is 277 g/mol. The number of amides is 2. The number of carbonyl (C=O) groups excluding carboxylic acids is 2. The van der Waals surface area contributed by atoms with E-state index in [0.29, 0.717) is 12.8 Å². The minimum atomic E-state index is -0.425. The van der Waals surface area contributed by atoms with Gasteiger partial charge in [-0.3, -0.25) is 14.9 Å². The van der Waals surface area contributed by atoms with Gasteiger partial charge in [-0.25, -0.2) is 4.39 Å². The van der Waals surface area contributed by atoms with Crippen molar-refractivity contribution in [3.05, 3.63) is 35.6 Å². The summed E-state index contributed by atoms with van der Waals surface area (Å²) in [5.74, 6) is -0.770. The van der Waals surface area contributed by atoms with E-state index in [-0.39, 0.29) is 29.5 Å². The van der Waals surface area contributed by atoms with Gasteiger partial charge in [-0.05, 0) is 35.4 Å². The van der Waals surface area contributed by atoms with Gasteiger partial charge in [-0.2, -0.15) is 0 Å². The molecule has 1 aliphatic rings. The number of nitrogens with one attached hydrogen (secondary N) is 1. The van der Waals surface area contributed by atoms with Gasteiger partial charge in [-0.1, -0.05) is 32.9 Å². The fourth-order valence-electron chi connectivity index (χ4n) is 3.40. The second kappa shape index (κ2) is 5.35. The molecule has 108 valence electrons. The Morgan fingerprint density at radius 1 is 1.30 bits per heavy atom. The Labute approximate surface area is 118 Å². The molecular weight excluding hydrogens is 257 g/mol. The lowest BCUT2D eigenvalue weighted by molar-refractivity contribution is -0.145. The third-order valence-electron chi connectivity index (χ3n) is 4.05. The SMILES string of the molecule is CC(C)C1C(=O)NC(=O)CC1(C)Cc1ccc(F)cc1. The van der Waals surface area contributed by atoms with E-state index in [1.807, 2.05) is 20.8 Å². The highest BCUT2D eigenvalue weighted by molar-refractivity contribution is 5.99. The maximum absolute atomic E-state index is 13.0. The van der Waals surface area contributed by atoms with Crippen LogP contribution in [-0.4, -0.2) is 11.8 Å². The standard InChI is InChI=1S/C16H20FNO2/c1-10(2)14-15(20)18-13(19)9-16(14,3)8-11-4-6-12(17)7-5-11/h4-7,10,14H,8-9H2,1-3H3,(H,18,19,20). The molecular formula is C16H20FNO2. The molecule has 1 aliphatic heterocycles. The van der Waals surface area contributed by atoms with Crippen molar-refractivity contribution in [1.29, 1.82) is 0 Å². The molecule has 0 saturated carbocycles. The normalized spacial score (nSPS) is 26.8. The number of hydrogen-bond donors (Lipinski definition) is 1. The Balaban J connectivity index is 2.30. The second-order valence-corrected chi connectivity index (χ2v) is 6.27. The minimum absolute atomic E-state index is 0.147. The average Bonchev–Trinajstić information content (AvgIpc) is 2.29. The van der Waals surface area contributed by atoms with Crippen LogP contribution in [0.15, 0.2) is 24.3 Å². The lowest BCUT2D eigenvalue weighted by Crippen LogP contribution is -2.53. The number of carbonyl (C=O) groups is 2. The summed E-state index contributed by atoms with van der Waals surface area (Å²) >= 11 is 0. The summed E-state index contributed by atoms with van der Waals surface area (Å²) in [7, 11) is 0. The molecule has 2 rings (SSSR count). The molecule has 2 atom stereocenters. The van der Waals surface area contributed by atoms with Gasteiger partial charge >= 0.3 is 0 Å². The van der Waals surface area contributed by atoms with E-state index in [0.717, 1.165) is 5.56 Å². The molecule has 0 bridgehead atoms. The zero-order chi connectivity index (χ0) is 14.9. The largest absolute Gasteiger partial charge is 0.296 e. The zero-order valence-electron chi connectivity index (χ0n) is 12.1. The molecule has 2 amide bonds. The highest BCUT2D eigenvalue weighted by Crippen LogP contribution is 2.41. The molecule has 20 heavy (non-hydrogen) atoms. The molecule has 4 heteroatoms. The number of hydrogen-bond acceptors (Lipinski definition) is 2. The summed E-state index contributed by atoms with van der Waals surface area (Å²) in [4.78, 5) is 23.8. The zero-order valence-corrected chi connectivity index (χ0v) is 12.1. The summed E-state index contributed by atoms with van der Waals surface area (Å²) in [6, 6.07) is 6.26. The van der Waals surface area contributed by atoms with E-state index in [2.05, 4.69) is 5.32 Å². The van der Waals surface area contributed by atoms with E-state index in [4.69, 9.17) is 0 Å². The molecule has 3 nitrogen and oxygen atoms in total. The fraction of sp³-hybridized carbons (Fsp3) is 0.500. The number of imide groups is 1. The highest BCUT2D eigenvalue weighted by atomic mass is 19.1. The molecule has 0 aromatic heterocycles. The van der Waals surface area contributed by atoms with E-state index in [1.165, 1.54) is 12.1 Å². The van der Waals surface area contributed by atoms with Gasteiger partial charge in [0, 0.05) is 12.3 Å². The molecule has 0 spiro atoms. The van der Waals surface area contributed by atoms with Crippen LogP contribution >= 0.6 is 0 Å². The van der Waals surface area contributed by atoms with Crippen LogP contribution < -0.4 is 5.32 Å². The predicted molar refractivity (Wildman–Crippen MR) is 74.3 cm³/mol. The first-order valence-corrected chi connectivity index (χ1v) is 6.90. The first kappa shape index (κ1) is 14.7. The van der Waals surface area contributed by atoms with E-state index >= 15 is 0 Å². The van der Waals surface area contributed by atoms with Crippen molar-refractivity contribution in [3.63, 3.8) is 0 Å². The quantitative estimate of drug-likeness (QED) is 0.863. The Kier molecular flexibility index (Phi) is 3.93. The van der Waals surface area contributed by atoms with E-state index in [9.17, 15) is 14.0 Å². The third kappa shape index (κ3) is 2.89. The summed E-state index contributed by atoms with van der Waals surface area (Å²) in [5, 5.41) is 2.42. The number of halogens is 1. The number of piperidine rings is 1. The second-order valence-electron chi connectivity index (χ2n) is 6.27. The van der Waals surface area contributed by atoms with Crippen LogP contribution in [0, 0.1) is 23.1 Å². The first-order chi connectivity index (χ1) is 9.32. The lowest BCUT2D eigenvalue weighted by atomic mass is 9.64. The Bertz CT molecular complexity index is 524. The molecule has 1 N–H and O–H groups in total. The van der Waals surface area contributed by atoms with Crippen molar-refractivity contribution in [1.82, 2.24) is 5.32 Å². The van der Waals surface area contributed by atoms with Crippen molar-refractivity contribution in [2.24, 2.45) is 17.3 Å². The topological polar surface area (TPSA) is 46.2 Å². The van der Waals surface area contributed by atoms with Crippen molar-refractivity contribution in [2.75, 3.05) is 0 Å². The molecule has 1 aromatic rings. The van der Waals surface area contributed by atoms with Gasteiger partial charge in [0.25, 0.3) is 0 Å². The lowest BCUT2D eigenvalue weighted by Gasteiger charge is -2.42. The van der Waals surface area contributed by atoms with E-state index < -0.39 is 5.41 Å². The summed E-state index contributed by atoms with van der Waals surface area (Å²) < 4.78 is 13.0. The summed E-state index contributed by atoms with van der Waals surface area (Å²) in [6.45, 7) is 5.95. The first-order valence-electron chi connectivity index (χ1n) is 6.90. The smallest absolute Gasteiger partial charge is 0.230 e. The Hall–Kier alpha value is -1.71. The summed E-state index contributed by atoms with van der Waals surface area (Å²) in [5.41, 5.74) is 0.521. The molecule has 1 saturated heterocycles. The maximum atomic E-state index is 13.0. The van der Waals surface area contributed by atoms with Crippen molar-refractivity contribution < 1.29 is 14.0 Å². The molecule has 1 fully saturated rings. The molecule has 1 heterocycles. The molecule has 0 radical (unpaired) electrons. The maximum Gasteiger partial charge on any atom is 0.230 e. The fourth-order valence-corrected chi connectivity index (χ4v) is 3.40. The monoisotopic (exact) mass is 277 g/mol. The molecule has 2 unspecified atom stereocenters. The van der Waals surface area contributed by atoms with Crippen LogP contribution in [0.25, 0.3) is 0 Å². The summed E-state index contributed by atoms with van der Waals surface area (Å²) in [6.07, 6.45) is 0.911. The third-order valence-corrected chi connectivity index (χ3v) is 4.05. The Morgan fingerprint density at radius 2 is 1.90 bits per heavy atom. The van der Waals surface area contributed by atoms with Gasteiger partial charge in [0.15, 0.2) is 0 Å². The highest BCUT2D eigenvalue weighted by Gasteiger charge is 2.46. The van der Waals surface area contributed by atoms with Crippen LogP contribution in [0.3, 0.4) is 0 Å². The molecule has 0 aliphatic carbocycles. The van der Waals surface area contributed by atoms with Gasteiger partial charge < -0.3 is 0 Å². The van der Waals surface area contributed by atoms with Gasteiger partial charge in [0.1, 0.15) is 5.82 Å². The van der Waals surface area contributed by atoms with Crippen molar-refractivity contribution in [3.8, 4) is 0 Å². The van der Waals surface area contributed by atoms with Crippen molar-refractivity contribution in [2.45, 2.75) is 33.6 Å². The van der Waals surface area contributed by atoms with Crippen LogP contribution in [0.1, 0.15) is 32.8 Å². The molecule has 1 aromatic carbocycles. The van der Waals surface area contributed by atoms with Crippen LogP contribution in [-0.2, 0) is 16.0 Å². The predicted octanol–water partition coefficient (Wildman–Crippen LogP) is 2.69. The van der Waals surface area contributed by atoms with Crippen LogP contribution in [0.2, 0.25) is 0 Å². The Morgan fingerprint density at radius 3 is 2.45 bits per heavy atom. The van der Waals surface area contributed by atoms with Crippen molar-refractivity contribution >= 4 is 11.8 Å². The van der Waals surface area contributed by atoms with E-state index in [1.54, 1.807) is 12.1 Å². The van der Waals surface area contributed by atoms with Crippen LogP contribution in [0.5, 0.6) is 0 Å². The number of benzene rings is 1.